The van der Waals surface area contributed by atoms with Crippen molar-refractivity contribution in [2.75, 3.05) is 13.2 Å². The summed E-state index contributed by atoms with van der Waals surface area (Å²) < 4.78 is 10.9. The normalized spacial score (nSPS) is 37.4. The van der Waals surface area contributed by atoms with E-state index in [0.29, 0.717) is 0 Å². The minimum absolute atomic E-state index is 0.124. The van der Waals surface area contributed by atoms with Crippen LogP contribution in [0.3, 0.4) is 0 Å². The molecule has 1 aliphatic carbocycles. The summed E-state index contributed by atoms with van der Waals surface area (Å²) >= 11 is 0. The summed E-state index contributed by atoms with van der Waals surface area (Å²) in [4.78, 5) is 0. The van der Waals surface area contributed by atoms with E-state index in [4.69, 9.17) is 9.31 Å². The van der Waals surface area contributed by atoms with Gasteiger partial charge in [0.1, 0.15) is 0 Å². The Morgan fingerprint density at radius 1 is 1.36 bits per heavy atom. The Bertz CT molecular complexity index is 134. The highest BCUT2D eigenvalue weighted by Gasteiger charge is 2.38. The van der Waals surface area contributed by atoms with Crippen LogP contribution in [-0.4, -0.2) is 20.3 Å². The van der Waals surface area contributed by atoms with Crippen LogP contribution in [0.25, 0.3) is 0 Å². The summed E-state index contributed by atoms with van der Waals surface area (Å²) in [6.45, 7) is 4.09. The zero-order chi connectivity index (χ0) is 7.68. The Hall–Kier alpha value is -0.0151. The van der Waals surface area contributed by atoms with E-state index in [1.165, 1.54) is 6.42 Å². The van der Waals surface area contributed by atoms with Crippen molar-refractivity contribution in [3.05, 3.63) is 0 Å². The van der Waals surface area contributed by atoms with Gasteiger partial charge < -0.3 is 9.31 Å². The largest absolute Gasteiger partial charge is 0.457 e. The summed E-state index contributed by atoms with van der Waals surface area (Å²) in [5, 5.41) is 0. The van der Waals surface area contributed by atoms with Crippen molar-refractivity contribution >= 4 is 7.12 Å². The lowest BCUT2D eigenvalue weighted by Crippen LogP contribution is -2.29. The van der Waals surface area contributed by atoms with E-state index in [1.54, 1.807) is 0 Å². The second kappa shape index (κ2) is 3.15. The summed E-state index contributed by atoms with van der Waals surface area (Å²) in [5.41, 5.74) is 0. The first-order valence-corrected chi connectivity index (χ1v) is 4.59. The van der Waals surface area contributed by atoms with E-state index in [2.05, 4.69) is 6.92 Å². The van der Waals surface area contributed by atoms with Gasteiger partial charge in [-0.1, -0.05) is 6.92 Å². The summed E-state index contributed by atoms with van der Waals surface area (Å²) in [6, 6.07) is 0. The number of hydrogen-bond donors (Lipinski definition) is 0. The van der Waals surface area contributed by atoms with Crippen LogP contribution in [0.5, 0.6) is 0 Å². The van der Waals surface area contributed by atoms with Gasteiger partial charge >= 0.3 is 7.12 Å². The molecular weight excluding hydrogens is 139 g/mol. The molecule has 0 unspecified atom stereocenters. The van der Waals surface area contributed by atoms with Gasteiger partial charge in [-0.05, 0) is 31.0 Å². The summed E-state index contributed by atoms with van der Waals surface area (Å²) in [6.07, 6.45) is 3.57. The van der Waals surface area contributed by atoms with Crippen molar-refractivity contribution in [3.63, 3.8) is 0 Å². The third-order valence-corrected chi connectivity index (χ3v) is 2.67. The first-order chi connectivity index (χ1) is 5.36. The smallest absolute Gasteiger partial charge is 0.411 e. The molecule has 2 aliphatic rings. The molecule has 2 atom stereocenters. The lowest BCUT2D eigenvalue weighted by molar-refractivity contribution is 0.132. The highest BCUT2D eigenvalue weighted by molar-refractivity contribution is 6.44. The van der Waals surface area contributed by atoms with Crippen molar-refractivity contribution in [3.8, 4) is 0 Å². The molecule has 2 fully saturated rings. The fraction of sp³-hybridized carbons (Fsp3) is 1.00. The van der Waals surface area contributed by atoms with E-state index in [1.807, 2.05) is 0 Å². The molecule has 1 heterocycles. The van der Waals surface area contributed by atoms with Gasteiger partial charge in [-0.15, -0.1) is 0 Å². The molecule has 0 aromatic heterocycles. The molecule has 11 heavy (non-hydrogen) atoms. The van der Waals surface area contributed by atoms with Gasteiger partial charge in [-0.25, -0.2) is 0 Å². The fourth-order valence-electron chi connectivity index (χ4n) is 1.65. The minimum atomic E-state index is 0.124. The Morgan fingerprint density at radius 3 is 2.55 bits per heavy atom. The van der Waals surface area contributed by atoms with Crippen molar-refractivity contribution in [2.45, 2.75) is 26.1 Å². The average molecular weight is 154 g/mol. The van der Waals surface area contributed by atoms with Crippen LogP contribution in [0.4, 0.5) is 0 Å². The molecule has 0 aromatic carbocycles. The van der Waals surface area contributed by atoms with E-state index in [9.17, 15) is 0 Å². The number of hydrogen-bond acceptors (Lipinski definition) is 2. The van der Waals surface area contributed by atoms with Crippen molar-refractivity contribution in [1.29, 1.82) is 0 Å². The highest BCUT2D eigenvalue weighted by Crippen LogP contribution is 2.42. The molecule has 2 rings (SSSR count). The molecule has 0 radical (unpaired) electrons. The lowest BCUT2D eigenvalue weighted by Gasteiger charge is -2.19. The topological polar surface area (TPSA) is 18.5 Å². The molecule has 1 saturated carbocycles. The SMILES string of the molecule is C[C@@H]1C[C@H]1CB1OCCCO1. The average Bonchev–Trinajstić information content (AvgIpc) is 2.69. The molecule has 0 N–H and O–H groups in total. The molecular formula is C8H15BO2. The van der Waals surface area contributed by atoms with Crippen LogP contribution in [0, 0.1) is 11.8 Å². The van der Waals surface area contributed by atoms with Gasteiger partial charge in [0, 0.05) is 13.2 Å². The molecule has 0 aromatic rings. The first kappa shape index (κ1) is 7.62. The van der Waals surface area contributed by atoms with Gasteiger partial charge in [-0.3, -0.25) is 0 Å². The fourth-order valence-corrected chi connectivity index (χ4v) is 1.65. The predicted molar refractivity (Wildman–Crippen MR) is 44.4 cm³/mol. The summed E-state index contributed by atoms with van der Waals surface area (Å²) in [5.74, 6) is 1.81. The van der Waals surface area contributed by atoms with Crippen LogP contribution >= 0.6 is 0 Å². The maximum absolute atomic E-state index is 5.45. The maximum Gasteiger partial charge on any atom is 0.457 e. The molecule has 0 spiro atoms. The monoisotopic (exact) mass is 154 g/mol. The van der Waals surface area contributed by atoms with Crippen LogP contribution in [0.1, 0.15) is 19.8 Å². The summed E-state index contributed by atoms with van der Waals surface area (Å²) in [7, 11) is 0.124. The van der Waals surface area contributed by atoms with Gasteiger partial charge in [0.05, 0.1) is 0 Å². The maximum atomic E-state index is 5.45. The molecule has 0 amide bonds. The zero-order valence-corrected chi connectivity index (χ0v) is 7.08. The van der Waals surface area contributed by atoms with Gasteiger partial charge in [0.2, 0.25) is 0 Å². The van der Waals surface area contributed by atoms with Crippen molar-refractivity contribution < 1.29 is 9.31 Å². The highest BCUT2D eigenvalue weighted by atomic mass is 16.6. The van der Waals surface area contributed by atoms with Gasteiger partial charge in [0.15, 0.2) is 0 Å². The zero-order valence-electron chi connectivity index (χ0n) is 7.08. The molecule has 3 heteroatoms. The van der Waals surface area contributed by atoms with Crippen molar-refractivity contribution in [1.82, 2.24) is 0 Å². The standard InChI is InChI=1S/C8H15BO2/c1-7-5-8(7)6-9-10-3-2-4-11-9/h7-8H,2-6H2,1H3/t7-,8+/m1/s1. The van der Waals surface area contributed by atoms with E-state index >= 15 is 0 Å². The molecule has 0 bridgehead atoms. The molecule has 62 valence electrons. The third-order valence-electron chi connectivity index (χ3n) is 2.67. The second-order valence-corrected chi connectivity index (χ2v) is 3.73. The Morgan fingerprint density at radius 2 is 2.00 bits per heavy atom. The Balaban J connectivity index is 1.68. The molecule has 1 saturated heterocycles. The quantitative estimate of drug-likeness (QED) is 0.562. The van der Waals surface area contributed by atoms with E-state index in [-0.39, 0.29) is 7.12 Å². The second-order valence-electron chi connectivity index (χ2n) is 3.73. The van der Waals surface area contributed by atoms with E-state index in [0.717, 1.165) is 37.8 Å². The van der Waals surface area contributed by atoms with Crippen LogP contribution in [-0.2, 0) is 9.31 Å². The molecule has 2 nitrogen and oxygen atoms in total. The minimum Gasteiger partial charge on any atom is -0.411 e. The van der Waals surface area contributed by atoms with Crippen LogP contribution < -0.4 is 0 Å². The Labute approximate surface area is 68.4 Å². The lowest BCUT2D eigenvalue weighted by atomic mass is 9.80. The van der Waals surface area contributed by atoms with Crippen LogP contribution in [0.2, 0.25) is 6.32 Å². The number of rotatable bonds is 2. The third kappa shape index (κ3) is 1.97. The van der Waals surface area contributed by atoms with E-state index < -0.39 is 0 Å². The van der Waals surface area contributed by atoms with Gasteiger partial charge in [-0.2, -0.15) is 0 Å². The predicted octanol–water partition coefficient (Wildman–Crippen LogP) is 1.57. The first-order valence-electron chi connectivity index (χ1n) is 4.59. The van der Waals surface area contributed by atoms with Crippen LogP contribution in [0.15, 0.2) is 0 Å². The Kier molecular flexibility index (Phi) is 2.19. The van der Waals surface area contributed by atoms with Gasteiger partial charge in [0.25, 0.3) is 0 Å². The van der Waals surface area contributed by atoms with Crippen molar-refractivity contribution in [2.24, 2.45) is 11.8 Å². The molecule has 1 aliphatic heterocycles.